The average Bonchev–Trinajstić information content (AvgIpc) is 2.90. The number of hydrogen-bond acceptors (Lipinski definition) is 8. The van der Waals surface area contributed by atoms with E-state index in [0.29, 0.717) is 17.4 Å². The van der Waals surface area contributed by atoms with Crippen molar-refractivity contribution in [1.82, 2.24) is 0 Å². The molecule has 0 aromatic heterocycles. The van der Waals surface area contributed by atoms with Crippen LogP contribution in [0.25, 0.3) is 0 Å². The predicted octanol–water partition coefficient (Wildman–Crippen LogP) is 2.70. The Bertz CT molecular complexity index is 1340. The van der Waals surface area contributed by atoms with Gasteiger partial charge in [0.2, 0.25) is 0 Å². The first-order valence-corrected chi connectivity index (χ1v) is 14.3. The van der Waals surface area contributed by atoms with Crippen molar-refractivity contribution in [3.8, 4) is 0 Å². The van der Waals surface area contributed by atoms with E-state index in [-0.39, 0.29) is 22.7 Å². The second kappa shape index (κ2) is 9.96. The third kappa shape index (κ3) is 4.65. The molecule has 0 spiro atoms. The SMILES string of the molecule is O=[N+]([O-])c1cccc([As+](c2cccc([N+](=O)[O-])c2)(c2cccc([N+](=O)[O-])c2)c2cccc([N+](=O)[O-])c2)c1. The molecule has 0 atom stereocenters. The van der Waals surface area contributed by atoms with Gasteiger partial charge in [0, 0.05) is 0 Å². The summed E-state index contributed by atoms with van der Waals surface area (Å²) in [6.45, 7) is 0. The van der Waals surface area contributed by atoms with Crippen molar-refractivity contribution in [2.75, 3.05) is 0 Å². The van der Waals surface area contributed by atoms with Crippen LogP contribution < -0.4 is 17.4 Å². The standard InChI is InChI=1S/C24H16AsN4O8/c30-26(31)21-9-1-5-17(13-21)25(18-6-2-10-22(14-18)27(32)33,19-7-3-11-23(15-19)28(34)35)20-8-4-12-24(16-20)29(36)37/h1-16H/q+1. The van der Waals surface area contributed by atoms with Crippen LogP contribution in [-0.4, -0.2) is 33.2 Å². The molecule has 0 aliphatic rings. The number of rotatable bonds is 8. The summed E-state index contributed by atoms with van der Waals surface area (Å²) in [5.74, 6) is 0. The molecule has 0 aliphatic heterocycles. The van der Waals surface area contributed by atoms with Crippen molar-refractivity contribution in [1.29, 1.82) is 0 Å². The summed E-state index contributed by atoms with van der Waals surface area (Å²) < 4.78 is 1.59. The summed E-state index contributed by atoms with van der Waals surface area (Å²) in [7, 11) is 0. The second-order valence-corrected chi connectivity index (χ2v) is 14.9. The van der Waals surface area contributed by atoms with Crippen LogP contribution in [-0.2, 0) is 0 Å². The molecular formula is C24H16AsN4O8+. The minimum absolute atomic E-state index is 0.260. The summed E-state index contributed by atoms with van der Waals surface area (Å²) >= 11 is -4.35. The first-order valence-electron chi connectivity index (χ1n) is 10.5. The van der Waals surface area contributed by atoms with Crippen molar-refractivity contribution in [2.24, 2.45) is 0 Å². The van der Waals surface area contributed by atoms with Gasteiger partial charge in [-0.1, -0.05) is 0 Å². The monoisotopic (exact) mass is 563 g/mol. The fraction of sp³-hybridized carbons (Fsp3) is 0. The summed E-state index contributed by atoms with van der Waals surface area (Å²) in [6.07, 6.45) is 0. The van der Waals surface area contributed by atoms with Crippen LogP contribution in [0.5, 0.6) is 0 Å². The van der Waals surface area contributed by atoms with E-state index in [1.165, 1.54) is 72.8 Å². The van der Waals surface area contributed by atoms with Crippen LogP contribution in [0.15, 0.2) is 97.1 Å². The molecular weight excluding hydrogens is 547 g/mol. The molecule has 0 aliphatic carbocycles. The van der Waals surface area contributed by atoms with E-state index in [0.717, 1.165) is 0 Å². The van der Waals surface area contributed by atoms with Crippen LogP contribution >= 0.6 is 0 Å². The Morgan fingerprint density at radius 2 is 0.622 bits per heavy atom. The molecule has 0 bridgehead atoms. The number of hydrogen-bond donors (Lipinski definition) is 0. The number of nitro groups is 4. The number of nitrogens with zero attached hydrogens (tertiary/aromatic N) is 4. The Balaban J connectivity index is 2.24. The topological polar surface area (TPSA) is 173 Å². The fourth-order valence-corrected chi connectivity index (χ4v) is 13.2. The zero-order chi connectivity index (χ0) is 26.7. The van der Waals surface area contributed by atoms with E-state index in [1.807, 2.05) is 0 Å². The zero-order valence-electron chi connectivity index (χ0n) is 18.7. The van der Waals surface area contributed by atoms with E-state index in [2.05, 4.69) is 0 Å². The maximum atomic E-state index is 11.7. The molecule has 0 saturated heterocycles. The summed E-state index contributed by atoms with van der Waals surface area (Å²) in [4.78, 5) is 44.3. The van der Waals surface area contributed by atoms with Crippen LogP contribution in [0.1, 0.15) is 0 Å². The van der Waals surface area contributed by atoms with Crippen molar-refractivity contribution in [2.45, 2.75) is 0 Å². The van der Waals surface area contributed by atoms with Crippen molar-refractivity contribution >= 4 is 53.7 Å². The average molecular weight is 563 g/mol. The van der Waals surface area contributed by atoms with Gasteiger partial charge in [0.1, 0.15) is 0 Å². The molecule has 0 saturated carbocycles. The third-order valence-corrected chi connectivity index (χ3v) is 14.5. The van der Waals surface area contributed by atoms with Gasteiger partial charge in [-0.2, -0.15) is 0 Å². The minimum atomic E-state index is -4.35. The van der Waals surface area contributed by atoms with E-state index < -0.39 is 33.2 Å². The van der Waals surface area contributed by atoms with Crippen LogP contribution in [0.2, 0.25) is 0 Å². The van der Waals surface area contributed by atoms with Crippen LogP contribution in [0.3, 0.4) is 0 Å². The molecule has 4 aromatic carbocycles. The molecule has 0 unspecified atom stereocenters. The van der Waals surface area contributed by atoms with Gasteiger partial charge in [-0.15, -0.1) is 0 Å². The molecule has 0 N–H and O–H groups in total. The quantitative estimate of drug-likeness (QED) is 0.179. The molecule has 0 radical (unpaired) electrons. The van der Waals surface area contributed by atoms with Crippen molar-refractivity contribution in [3.05, 3.63) is 138 Å². The van der Waals surface area contributed by atoms with Crippen LogP contribution in [0, 0.1) is 40.5 Å². The van der Waals surface area contributed by atoms with Crippen molar-refractivity contribution < 1.29 is 19.7 Å². The van der Waals surface area contributed by atoms with Gasteiger partial charge in [-0.3, -0.25) is 0 Å². The van der Waals surface area contributed by atoms with E-state index >= 15 is 0 Å². The van der Waals surface area contributed by atoms with Gasteiger partial charge < -0.3 is 0 Å². The Kier molecular flexibility index (Phi) is 6.76. The van der Waals surface area contributed by atoms with Crippen LogP contribution in [0.4, 0.5) is 22.7 Å². The van der Waals surface area contributed by atoms with Gasteiger partial charge in [0.25, 0.3) is 0 Å². The third-order valence-electron chi connectivity index (χ3n) is 5.71. The zero-order valence-corrected chi connectivity index (χ0v) is 20.6. The second-order valence-electron chi connectivity index (χ2n) is 7.78. The van der Waals surface area contributed by atoms with Crippen molar-refractivity contribution in [3.63, 3.8) is 0 Å². The Labute approximate surface area is 210 Å². The first kappa shape index (κ1) is 25.1. The Morgan fingerprint density at radius 1 is 0.405 bits per heavy atom. The van der Waals surface area contributed by atoms with E-state index in [9.17, 15) is 40.5 Å². The molecule has 0 heterocycles. The Morgan fingerprint density at radius 3 is 0.811 bits per heavy atom. The maximum absolute atomic E-state index is 11.7. The normalized spacial score (nSPS) is 11.0. The van der Waals surface area contributed by atoms with Gasteiger partial charge in [0.05, 0.1) is 0 Å². The predicted molar refractivity (Wildman–Crippen MR) is 137 cm³/mol. The molecule has 4 aromatic rings. The summed E-state index contributed by atoms with van der Waals surface area (Å²) in [5.41, 5.74) is -1.04. The molecule has 0 fully saturated rings. The molecule has 184 valence electrons. The molecule has 13 heteroatoms. The first-order chi connectivity index (χ1) is 17.6. The Hall–Kier alpha value is -4.96. The molecule has 37 heavy (non-hydrogen) atoms. The van der Waals surface area contributed by atoms with Gasteiger partial charge in [-0.05, 0) is 0 Å². The molecule has 0 amide bonds. The van der Waals surface area contributed by atoms with Gasteiger partial charge >= 0.3 is 211 Å². The van der Waals surface area contributed by atoms with Gasteiger partial charge in [0.15, 0.2) is 0 Å². The number of non-ortho nitro benzene ring substituents is 4. The number of benzene rings is 4. The molecule has 12 nitrogen and oxygen atoms in total. The summed E-state index contributed by atoms with van der Waals surface area (Å²) in [5, 5.41) is 46.7. The van der Waals surface area contributed by atoms with E-state index in [4.69, 9.17) is 0 Å². The number of nitro benzene ring substituents is 4. The fourth-order valence-electron chi connectivity index (χ4n) is 4.16. The van der Waals surface area contributed by atoms with E-state index in [1.54, 1.807) is 24.3 Å². The summed E-state index contributed by atoms with van der Waals surface area (Å²) in [6, 6.07) is 22.7. The van der Waals surface area contributed by atoms with Gasteiger partial charge in [-0.25, -0.2) is 0 Å². The molecule has 4 rings (SSSR count).